The Morgan fingerprint density at radius 1 is 1.19 bits per heavy atom. The Kier molecular flexibility index (Phi) is 4.98. The fourth-order valence-corrected chi connectivity index (χ4v) is 2.56. The number of benzene rings is 1. The number of rotatable bonds is 2. The third-order valence-corrected chi connectivity index (χ3v) is 3.67. The van der Waals surface area contributed by atoms with Gasteiger partial charge in [-0.05, 0) is 43.5 Å². The average molecular weight is 308 g/mol. The zero-order valence-corrected chi connectivity index (χ0v) is 12.3. The van der Waals surface area contributed by atoms with Crippen molar-refractivity contribution in [2.75, 3.05) is 13.1 Å². The molecule has 112 valence electrons. The number of amides is 1. The maximum atomic E-state index is 12.2. The summed E-state index contributed by atoms with van der Waals surface area (Å²) in [5.41, 5.74) is 0.103. The van der Waals surface area contributed by atoms with Gasteiger partial charge in [0.05, 0.1) is 0 Å². The molecule has 0 radical (unpaired) electrons. The highest BCUT2D eigenvalue weighted by atomic mass is 35.5. The van der Waals surface area contributed by atoms with Crippen LogP contribution in [0.2, 0.25) is 0 Å². The number of carbonyl (C=O) groups excluding carboxylic acids is 1. The van der Waals surface area contributed by atoms with E-state index in [4.69, 9.17) is 0 Å². The monoisotopic (exact) mass is 307 g/mol. The van der Waals surface area contributed by atoms with Gasteiger partial charge < -0.3 is 15.6 Å². The number of aromatic nitrogens is 1. The Labute approximate surface area is 128 Å². The van der Waals surface area contributed by atoms with E-state index in [2.05, 4.69) is 15.6 Å². The molecular formula is C15H18ClN3O2. The van der Waals surface area contributed by atoms with Gasteiger partial charge in [0.25, 0.3) is 11.5 Å². The first-order chi connectivity index (χ1) is 9.74. The Balaban J connectivity index is 0.00000161. The van der Waals surface area contributed by atoms with Gasteiger partial charge in [0.2, 0.25) is 0 Å². The molecule has 1 aliphatic rings. The van der Waals surface area contributed by atoms with E-state index in [0.717, 1.165) is 31.3 Å². The number of carbonyl (C=O) groups is 1. The molecule has 1 amide bonds. The number of halogens is 1. The van der Waals surface area contributed by atoms with Crippen LogP contribution in [0.5, 0.6) is 0 Å². The van der Waals surface area contributed by atoms with E-state index in [1.807, 2.05) is 18.2 Å². The first-order valence-electron chi connectivity index (χ1n) is 6.88. The van der Waals surface area contributed by atoms with Gasteiger partial charge in [-0.15, -0.1) is 12.4 Å². The topological polar surface area (TPSA) is 74.0 Å². The van der Waals surface area contributed by atoms with Gasteiger partial charge in [-0.25, -0.2) is 0 Å². The minimum Gasteiger partial charge on any atom is -0.348 e. The van der Waals surface area contributed by atoms with E-state index < -0.39 is 0 Å². The van der Waals surface area contributed by atoms with Gasteiger partial charge in [-0.3, -0.25) is 9.59 Å². The van der Waals surface area contributed by atoms with Crippen LogP contribution in [0, 0.1) is 0 Å². The van der Waals surface area contributed by atoms with Crippen LogP contribution in [0.3, 0.4) is 0 Å². The average Bonchev–Trinajstić information content (AvgIpc) is 2.48. The third-order valence-electron chi connectivity index (χ3n) is 3.67. The number of H-pyrrole nitrogens is 1. The molecule has 6 heteroatoms. The lowest BCUT2D eigenvalue weighted by Gasteiger charge is -2.23. The number of piperidine rings is 1. The lowest BCUT2D eigenvalue weighted by atomic mass is 10.1. The van der Waals surface area contributed by atoms with Crippen molar-refractivity contribution in [2.24, 2.45) is 0 Å². The summed E-state index contributed by atoms with van der Waals surface area (Å²) in [5, 5.41) is 7.62. The Morgan fingerprint density at radius 2 is 1.90 bits per heavy atom. The van der Waals surface area contributed by atoms with Crippen LogP contribution in [-0.2, 0) is 0 Å². The molecule has 1 saturated heterocycles. The fraction of sp³-hybridized carbons (Fsp3) is 0.333. The summed E-state index contributed by atoms with van der Waals surface area (Å²) >= 11 is 0. The van der Waals surface area contributed by atoms with Crippen molar-refractivity contribution in [1.29, 1.82) is 0 Å². The molecule has 0 bridgehead atoms. The Bertz CT molecular complexity index is 693. The third kappa shape index (κ3) is 3.43. The molecule has 0 spiro atoms. The highest BCUT2D eigenvalue weighted by Crippen LogP contribution is 2.10. The van der Waals surface area contributed by atoms with Gasteiger partial charge in [-0.1, -0.05) is 18.2 Å². The summed E-state index contributed by atoms with van der Waals surface area (Å²) in [5.74, 6) is -0.209. The molecule has 21 heavy (non-hydrogen) atoms. The Hall–Kier alpha value is -1.85. The van der Waals surface area contributed by atoms with Crippen LogP contribution >= 0.6 is 12.4 Å². The quantitative estimate of drug-likeness (QED) is 0.786. The van der Waals surface area contributed by atoms with E-state index in [-0.39, 0.29) is 29.9 Å². The number of nitrogens with one attached hydrogen (secondary N) is 3. The predicted molar refractivity (Wildman–Crippen MR) is 85.2 cm³/mol. The van der Waals surface area contributed by atoms with Crippen LogP contribution in [-0.4, -0.2) is 30.0 Å². The summed E-state index contributed by atoms with van der Waals surface area (Å²) in [4.78, 5) is 26.8. The van der Waals surface area contributed by atoms with E-state index >= 15 is 0 Å². The second-order valence-electron chi connectivity index (χ2n) is 5.10. The molecule has 1 aromatic heterocycles. The molecule has 0 saturated carbocycles. The van der Waals surface area contributed by atoms with Crippen LogP contribution in [0.25, 0.3) is 10.8 Å². The van der Waals surface area contributed by atoms with Gasteiger partial charge in [0, 0.05) is 11.4 Å². The maximum Gasteiger partial charge on any atom is 0.268 e. The van der Waals surface area contributed by atoms with Crippen molar-refractivity contribution < 1.29 is 4.79 Å². The molecule has 2 heterocycles. The molecular weight excluding hydrogens is 290 g/mol. The molecule has 1 aromatic carbocycles. The minimum absolute atomic E-state index is 0. The molecule has 0 unspecified atom stereocenters. The van der Waals surface area contributed by atoms with Gasteiger partial charge in [-0.2, -0.15) is 0 Å². The molecule has 1 aliphatic heterocycles. The first-order valence-corrected chi connectivity index (χ1v) is 6.88. The SMILES string of the molecule is Cl.O=C(NC1CCNCC1)c1cc2ccccc2c(=O)[nH]1. The van der Waals surface area contributed by atoms with Crippen LogP contribution in [0.15, 0.2) is 35.1 Å². The van der Waals surface area contributed by atoms with Gasteiger partial charge in [0.15, 0.2) is 0 Å². The minimum atomic E-state index is -0.224. The standard InChI is InChI=1S/C15H17N3O2.ClH/c19-14-12-4-2-1-3-10(12)9-13(18-14)15(20)17-11-5-7-16-8-6-11;/h1-4,9,11,16H,5-8H2,(H,17,20)(H,18,19);1H. The van der Waals surface area contributed by atoms with Crippen molar-refractivity contribution in [3.05, 3.63) is 46.4 Å². The maximum absolute atomic E-state index is 12.2. The molecule has 2 aromatic rings. The van der Waals surface area contributed by atoms with Gasteiger partial charge >= 0.3 is 0 Å². The van der Waals surface area contributed by atoms with E-state index in [1.165, 1.54) is 0 Å². The zero-order valence-electron chi connectivity index (χ0n) is 11.5. The summed E-state index contributed by atoms with van der Waals surface area (Å²) in [6, 6.07) is 9.17. The van der Waals surface area contributed by atoms with Crippen molar-refractivity contribution in [3.8, 4) is 0 Å². The van der Waals surface area contributed by atoms with Crippen LogP contribution < -0.4 is 16.2 Å². The predicted octanol–water partition coefficient (Wildman–Crippen LogP) is 1.43. The molecule has 1 fully saturated rings. The Morgan fingerprint density at radius 3 is 2.67 bits per heavy atom. The zero-order chi connectivity index (χ0) is 13.9. The summed E-state index contributed by atoms with van der Waals surface area (Å²) < 4.78 is 0. The molecule has 3 N–H and O–H groups in total. The van der Waals surface area contributed by atoms with E-state index in [0.29, 0.717) is 11.1 Å². The highest BCUT2D eigenvalue weighted by Gasteiger charge is 2.17. The largest absolute Gasteiger partial charge is 0.348 e. The van der Waals surface area contributed by atoms with Crippen molar-refractivity contribution in [1.82, 2.24) is 15.6 Å². The normalized spacial score (nSPS) is 15.4. The fourth-order valence-electron chi connectivity index (χ4n) is 2.56. The molecule has 0 aliphatic carbocycles. The van der Waals surface area contributed by atoms with Gasteiger partial charge in [0.1, 0.15) is 5.69 Å². The number of hydrogen-bond donors (Lipinski definition) is 3. The lowest BCUT2D eigenvalue weighted by Crippen LogP contribution is -2.43. The number of pyridine rings is 1. The lowest BCUT2D eigenvalue weighted by molar-refractivity contribution is 0.0924. The van der Waals surface area contributed by atoms with E-state index in [9.17, 15) is 9.59 Å². The first kappa shape index (κ1) is 15.5. The molecule has 3 rings (SSSR count). The molecule has 5 nitrogen and oxygen atoms in total. The second-order valence-corrected chi connectivity index (χ2v) is 5.10. The summed E-state index contributed by atoms with van der Waals surface area (Å²) in [6.07, 6.45) is 1.84. The van der Waals surface area contributed by atoms with E-state index in [1.54, 1.807) is 12.1 Å². The number of fused-ring (bicyclic) bond motifs is 1. The van der Waals surface area contributed by atoms with Crippen LogP contribution in [0.1, 0.15) is 23.3 Å². The highest BCUT2D eigenvalue weighted by molar-refractivity contribution is 5.96. The summed E-state index contributed by atoms with van der Waals surface area (Å²) in [7, 11) is 0. The van der Waals surface area contributed by atoms with Crippen molar-refractivity contribution in [2.45, 2.75) is 18.9 Å². The van der Waals surface area contributed by atoms with Crippen LogP contribution in [0.4, 0.5) is 0 Å². The van der Waals surface area contributed by atoms with Crippen molar-refractivity contribution in [3.63, 3.8) is 0 Å². The number of hydrogen-bond acceptors (Lipinski definition) is 3. The second kappa shape index (κ2) is 6.74. The molecule has 0 atom stereocenters. The van der Waals surface area contributed by atoms with Crippen molar-refractivity contribution >= 4 is 29.1 Å². The summed E-state index contributed by atoms with van der Waals surface area (Å²) in [6.45, 7) is 1.83. The number of aromatic amines is 1. The smallest absolute Gasteiger partial charge is 0.268 e.